The molecular formula is C6H13NO3. The summed E-state index contributed by atoms with van der Waals surface area (Å²) in [5.74, 6) is 0. The molecule has 0 unspecified atom stereocenters. The number of hydrogen-bond acceptors (Lipinski definition) is 4. The highest BCUT2D eigenvalue weighted by molar-refractivity contribution is 4.43. The van der Waals surface area contributed by atoms with Gasteiger partial charge in [0.15, 0.2) is 0 Å². The molecule has 2 rings (SSSR count). The molecule has 0 amide bonds. The fourth-order valence-corrected chi connectivity index (χ4v) is 0.655. The lowest BCUT2D eigenvalue weighted by molar-refractivity contribution is 0.0692. The van der Waals surface area contributed by atoms with Crippen molar-refractivity contribution in [2.75, 3.05) is 39.9 Å². The molecule has 0 aliphatic carbocycles. The molecule has 4 heteroatoms. The van der Waals surface area contributed by atoms with Gasteiger partial charge in [0.2, 0.25) is 0 Å². The van der Waals surface area contributed by atoms with Crippen molar-refractivity contribution in [1.82, 2.24) is 5.32 Å². The summed E-state index contributed by atoms with van der Waals surface area (Å²) < 4.78 is 14.3. The standard InChI is InChI=1S/C3H7NO.C3H6O2/c2*1-2-5-3-4-1/h4H,1-3H2;1-3H2. The Kier molecular flexibility index (Phi) is 4.46. The first-order valence-corrected chi connectivity index (χ1v) is 3.44. The molecule has 0 aromatic carbocycles. The smallest absolute Gasteiger partial charge is 0.146 e. The van der Waals surface area contributed by atoms with Crippen molar-refractivity contribution >= 4 is 0 Å². The predicted molar refractivity (Wildman–Crippen MR) is 35.6 cm³/mol. The van der Waals surface area contributed by atoms with Crippen LogP contribution < -0.4 is 5.32 Å². The van der Waals surface area contributed by atoms with Crippen LogP contribution in [0.1, 0.15) is 0 Å². The van der Waals surface area contributed by atoms with Gasteiger partial charge in [-0.1, -0.05) is 0 Å². The van der Waals surface area contributed by atoms with Gasteiger partial charge < -0.3 is 14.2 Å². The Morgan fingerprint density at radius 3 is 1.90 bits per heavy atom. The maximum Gasteiger partial charge on any atom is 0.146 e. The quantitative estimate of drug-likeness (QED) is 0.504. The van der Waals surface area contributed by atoms with Crippen LogP contribution in [0.5, 0.6) is 0 Å². The zero-order valence-electron chi connectivity index (χ0n) is 5.97. The summed E-state index contributed by atoms with van der Waals surface area (Å²) in [5.41, 5.74) is 0. The van der Waals surface area contributed by atoms with Crippen LogP contribution in [-0.2, 0) is 14.2 Å². The lowest BCUT2D eigenvalue weighted by Crippen LogP contribution is -2.05. The first kappa shape index (κ1) is 7.94. The van der Waals surface area contributed by atoms with Crippen molar-refractivity contribution < 1.29 is 14.2 Å². The zero-order valence-corrected chi connectivity index (χ0v) is 5.97. The molecule has 60 valence electrons. The average Bonchev–Trinajstić information content (AvgIpc) is 2.67. The lowest BCUT2D eigenvalue weighted by Gasteiger charge is -1.76. The van der Waals surface area contributed by atoms with E-state index in [1.165, 1.54) is 0 Å². The molecule has 0 aromatic heterocycles. The Hall–Kier alpha value is -0.160. The third kappa shape index (κ3) is 3.79. The third-order valence-electron chi connectivity index (χ3n) is 1.17. The summed E-state index contributed by atoms with van der Waals surface area (Å²) in [7, 11) is 0. The molecular weight excluding hydrogens is 134 g/mol. The van der Waals surface area contributed by atoms with Crippen LogP contribution in [0.3, 0.4) is 0 Å². The van der Waals surface area contributed by atoms with Crippen LogP contribution >= 0.6 is 0 Å². The van der Waals surface area contributed by atoms with Gasteiger partial charge in [-0.2, -0.15) is 0 Å². The minimum Gasteiger partial charge on any atom is -0.365 e. The van der Waals surface area contributed by atoms with Crippen LogP contribution in [0.15, 0.2) is 0 Å². The molecule has 0 bridgehead atoms. The molecule has 2 aliphatic rings. The van der Waals surface area contributed by atoms with Crippen LogP contribution in [0.25, 0.3) is 0 Å². The van der Waals surface area contributed by atoms with Crippen LogP contribution in [-0.4, -0.2) is 39.9 Å². The summed E-state index contributed by atoms with van der Waals surface area (Å²) in [6.07, 6.45) is 0. The molecule has 10 heavy (non-hydrogen) atoms. The maximum atomic E-state index is 4.83. The Morgan fingerprint density at radius 1 is 0.900 bits per heavy atom. The van der Waals surface area contributed by atoms with Gasteiger partial charge in [-0.25, -0.2) is 0 Å². The lowest BCUT2D eigenvalue weighted by atomic mass is 10.7. The van der Waals surface area contributed by atoms with Gasteiger partial charge in [0.05, 0.1) is 26.6 Å². The maximum absolute atomic E-state index is 4.83. The highest BCUT2D eigenvalue weighted by Gasteiger charge is 1.94. The van der Waals surface area contributed by atoms with E-state index < -0.39 is 0 Å². The summed E-state index contributed by atoms with van der Waals surface area (Å²) in [4.78, 5) is 0. The van der Waals surface area contributed by atoms with Gasteiger partial charge in [-0.15, -0.1) is 0 Å². The Morgan fingerprint density at radius 2 is 1.70 bits per heavy atom. The number of ether oxygens (including phenoxy) is 3. The summed E-state index contributed by atoms with van der Waals surface area (Å²) in [5, 5.41) is 3.00. The van der Waals surface area contributed by atoms with Crippen LogP contribution in [0.2, 0.25) is 0 Å². The molecule has 1 N–H and O–H groups in total. The molecule has 2 heterocycles. The summed E-state index contributed by atoms with van der Waals surface area (Å²) in [6, 6.07) is 0. The monoisotopic (exact) mass is 147 g/mol. The fourth-order valence-electron chi connectivity index (χ4n) is 0.655. The van der Waals surface area contributed by atoms with Crippen molar-refractivity contribution in [3.8, 4) is 0 Å². The van der Waals surface area contributed by atoms with Crippen LogP contribution in [0.4, 0.5) is 0 Å². The van der Waals surface area contributed by atoms with E-state index in [2.05, 4.69) is 5.32 Å². The van der Waals surface area contributed by atoms with Gasteiger partial charge >= 0.3 is 0 Å². The third-order valence-corrected chi connectivity index (χ3v) is 1.17. The van der Waals surface area contributed by atoms with Crippen molar-refractivity contribution in [2.45, 2.75) is 0 Å². The minimum atomic E-state index is 0.500. The molecule has 2 fully saturated rings. The molecule has 0 atom stereocenters. The molecule has 0 saturated carbocycles. The van der Waals surface area contributed by atoms with Crippen molar-refractivity contribution in [1.29, 1.82) is 0 Å². The highest BCUT2D eigenvalue weighted by Crippen LogP contribution is 1.85. The molecule has 2 aliphatic heterocycles. The molecule has 4 nitrogen and oxygen atoms in total. The first-order chi connectivity index (χ1) is 5.00. The first-order valence-electron chi connectivity index (χ1n) is 3.44. The Bertz CT molecular complexity index is 46.2. The topological polar surface area (TPSA) is 39.7 Å². The Balaban J connectivity index is 0.0000001000. The number of nitrogens with one attached hydrogen (secondary N) is 1. The largest absolute Gasteiger partial charge is 0.365 e. The summed E-state index contributed by atoms with van der Waals surface area (Å²) in [6.45, 7) is 4.72. The Labute approximate surface area is 60.4 Å². The summed E-state index contributed by atoms with van der Waals surface area (Å²) >= 11 is 0. The van der Waals surface area contributed by atoms with E-state index >= 15 is 0 Å². The highest BCUT2D eigenvalue weighted by atomic mass is 16.7. The minimum absolute atomic E-state index is 0.500. The van der Waals surface area contributed by atoms with Crippen molar-refractivity contribution in [3.63, 3.8) is 0 Å². The number of rotatable bonds is 0. The SMILES string of the molecule is C1COCN1.C1COCO1. The second-order valence-electron chi connectivity index (χ2n) is 1.99. The van der Waals surface area contributed by atoms with Gasteiger partial charge in [-0.3, -0.25) is 5.32 Å². The van der Waals surface area contributed by atoms with E-state index in [1.807, 2.05) is 0 Å². The van der Waals surface area contributed by atoms with Crippen molar-refractivity contribution in [2.24, 2.45) is 0 Å². The van der Waals surface area contributed by atoms with E-state index in [0.717, 1.165) is 33.1 Å². The number of hydrogen-bond donors (Lipinski definition) is 1. The zero-order chi connectivity index (χ0) is 7.07. The average molecular weight is 147 g/mol. The molecule has 0 radical (unpaired) electrons. The second-order valence-corrected chi connectivity index (χ2v) is 1.99. The normalized spacial score (nSPS) is 24.0. The molecule has 2 saturated heterocycles. The second kappa shape index (κ2) is 5.61. The van der Waals surface area contributed by atoms with Gasteiger partial charge in [-0.05, 0) is 0 Å². The van der Waals surface area contributed by atoms with Gasteiger partial charge in [0, 0.05) is 6.54 Å². The molecule has 0 spiro atoms. The van der Waals surface area contributed by atoms with Gasteiger partial charge in [0.1, 0.15) is 6.79 Å². The van der Waals surface area contributed by atoms with E-state index in [1.54, 1.807) is 0 Å². The molecule has 0 aromatic rings. The van der Waals surface area contributed by atoms with E-state index in [9.17, 15) is 0 Å². The van der Waals surface area contributed by atoms with Crippen LogP contribution in [0, 0.1) is 0 Å². The van der Waals surface area contributed by atoms with E-state index in [0.29, 0.717) is 6.79 Å². The van der Waals surface area contributed by atoms with E-state index in [4.69, 9.17) is 14.2 Å². The predicted octanol–water partition coefficient (Wildman–Crippen LogP) is -0.446. The fraction of sp³-hybridized carbons (Fsp3) is 1.00. The van der Waals surface area contributed by atoms with Crippen molar-refractivity contribution in [3.05, 3.63) is 0 Å². The van der Waals surface area contributed by atoms with E-state index in [-0.39, 0.29) is 0 Å². The van der Waals surface area contributed by atoms with Gasteiger partial charge in [0.25, 0.3) is 0 Å².